The zero-order chi connectivity index (χ0) is 28.8. The molecule has 4 fully saturated rings. The van der Waals surface area contributed by atoms with E-state index in [9.17, 15) is 9.90 Å². The third-order valence-electron chi connectivity index (χ3n) is 14.4. The second kappa shape index (κ2) is 9.16. The minimum atomic E-state index is -0.262. The fraction of sp³-hybridized carbons (Fsp3) is 0.711. The molecule has 1 N–H and O–H groups in total. The fourth-order valence-electron chi connectivity index (χ4n) is 11.5. The molecule has 5 aliphatic carbocycles. The van der Waals surface area contributed by atoms with Crippen molar-refractivity contribution in [2.75, 3.05) is 0 Å². The highest BCUT2D eigenvalue weighted by Crippen LogP contribution is 2.75. The van der Waals surface area contributed by atoms with Crippen molar-refractivity contribution in [2.24, 2.45) is 50.2 Å². The van der Waals surface area contributed by atoms with Gasteiger partial charge in [0, 0.05) is 5.92 Å². The molecular weight excluding hydrogens is 488 g/mol. The second-order valence-corrected chi connectivity index (χ2v) is 16.9. The van der Waals surface area contributed by atoms with E-state index in [0.29, 0.717) is 23.0 Å². The number of fused-ring (bicyclic) bond motifs is 7. The standard InChI is InChI=1S/C38H54O2/c1-33(2)30-15-19-38(7)32(36(30,5)18-16-31(33)40)29(39)24-27-28-25-34(3,17-11-14-26-12-9-8-10-13-26)20-21-35(28,4)22-23-37(27,38)6/h8-14,24,28,30-32,40H,15-23,25H2,1-7H3/b14-11-/t28-,30-,31-,32+,34?,35+,36-,37+,38+/m0/s1. The van der Waals surface area contributed by atoms with Crippen molar-refractivity contribution >= 4 is 11.9 Å². The van der Waals surface area contributed by atoms with Gasteiger partial charge < -0.3 is 5.11 Å². The Bertz CT molecular complexity index is 1230. The fourth-order valence-corrected chi connectivity index (χ4v) is 11.5. The van der Waals surface area contributed by atoms with Crippen molar-refractivity contribution < 1.29 is 9.90 Å². The first kappa shape index (κ1) is 28.4. The predicted molar refractivity (Wildman–Crippen MR) is 166 cm³/mol. The van der Waals surface area contributed by atoms with Crippen LogP contribution in [0.2, 0.25) is 0 Å². The molecule has 40 heavy (non-hydrogen) atoms. The summed E-state index contributed by atoms with van der Waals surface area (Å²) in [5.74, 6) is 1.36. The Morgan fingerprint density at radius 1 is 0.875 bits per heavy atom. The largest absolute Gasteiger partial charge is 0.393 e. The molecule has 218 valence electrons. The van der Waals surface area contributed by atoms with E-state index >= 15 is 0 Å². The molecule has 0 aliphatic heterocycles. The summed E-state index contributed by atoms with van der Waals surface area (Å²) in [5, 5.41) is 11.0. The van der Waals surface area contributed by atoms with Gasteiger partial charge in [-0.25, -0.2) is 0 Å². The summed E-state index contributed by atoms with van der Waals surface area (Å²) in [7, 11) is 0. The lowest BCUT2D eigenvalue weighted by Gasteiger charge is -2.70. The molecule has 1 unspecified atom stereocenters. The summed E-state index contributed by atoms with van der Waals surface area (Å²) < 4.78 is 0. The van der Waals surface area contributed by atoms with Gasteiger partial charge in [-0.2, -0.15) is 0 Å². The maximum atomic E-state index is 14.5. The van der Waals surface area contributed by atoms with E-state index < -0.39 is 0 Å². The number of rotatable bonds is 3. The lowest BCUT2D eigenvalue weighted by Crippen LogP contribution is -2.66. The smallest absolute Gasteiger partial charge is 0.159 e. The average molecular weight is 543 g/mol. The van der Waals surface area contributed by atoms with Crippen molar-refractivity contribution in [1.29, 1.82) is 0 Å². The Hall–Kier alpha value is -1.67. The van der Waals surface area contributed by atoms with E-state index in [2.05, 4.69) is 97.0 Å². The highest BCUT2D eigenvalue weighted by Gasteiger charge is 2.70. The summed E-state index contributed by atoms with van der Waals surface area (Å²) in [6.45, 7) is 17.1. The molecule has 2 heteroatoms. The topological polar surface area (TPSA) is 37.3 Å². The number of carbonyl (C=O) groups excluding carboxylic acids is 1. The Morgan fingerprint density at radius 2 is 1.57 bits per heavy atom. The summed E-state index contributed by atoms with van der Waals surface area (Å²) >= 11 is 0. The number of hydrogen-bond donors (Lipinski definition) is 1. The van der Waals surface area contributed by atoms with Crippen LogP contribution in [0.3, 0.4) is 0 Å². The van der Waals surface area contributed by atoms with E-state index in [1.807, 2.05) is 0 Å². The van der Waals surface area contributed by atoms with Crippen molar-refractivity contribution in [1.82, 2.24) is 0 Å². The summed E-state index contributed by atoms with van der Waals surface area (Å²) in [6.07, 6.45) is 18.0. The normalized spacial score (nSPS) is 48.0. The van der Waals surface area contributed by atoms with E-state index in [1.54, 1.807) is 0 Å². The molecule has 2 nitrogen and oxygen atoms in total. The van der Waals surface area contributed by atoms with Crippen molar-refractivity contribution in [3.63, 3.8) is 0 Å². The minimum absolute atomic E-state index is 0.0137. The molecule has 9 atom stereocenters. The highest BCUT2D eigenvalue weighted by atomic mass is 16.3. The van der Waals surface area contributed by atoms with E-state index in [-0.39, 0.29) is 39.1 Å². The van der Waals surface area contributed by atoms with Crippen LogP contribution in [0.4, 0.5) is 0 Å². The van der Waals surface area contributed by atoms with Gasteiger partial charge in [0.05, 0.1) is 6.10 Å². The Kier molecular flexibility index (Phi) is 6.52. The van der Waals surface area contributed by atoms with Gasteiger partial charge >= 0.3 is 0 Å². The average Bonchev–Trinajstić information content (AvgIpc) is 2.89. The molecule has 0 radical (unpaired) electrons. The summed E-state index contributed by atoms with van der Waals surface area (Å²) in [6, 6.07) is 10.7. The van der Waals surface area contributed by atoms with Gasteiger partial charge in [0.1, 0.15) is 0 Å². The molecular formula is C38H54O2. The first-order valence-corrected chi connectivity index (χ1v) is 16.3. The van der Waals surface area contributed by atoms with Gasteiger partial charge in [-0.15, -0.1) is 0 Å². The zero-order valence-corrected chi connectivity index (χ0v) is 26.4. The molecule has 1 aromatic rings. The molecule has 4 saturated carbocycles. The van der Waals surface area contributed by atoms with Crippen LogP contribution in [-0.2, 0) is 4.79 Å². The third-order valence-corrected chi connectivity index (χ3v) is 14.4. The first-order chi connectivity index (χ1) is 18.7. The molecule has 0 bridgehead atoms. The molecule has 0 amide bonds. The van der Waals surface area contributed by atoms with Crippen molar-refractivity contribution in [3.05, 3.63) is 53.6 Å². The van der Waals surface area contributed by atoms with Crippen LogP contribution in [0.1, 0.15) is 118 Å². The third kappa shape index (κ3) is 3.94. The van der Waals surface area contributed by atoms with Gasteiger partial charge in [0.15, 0.2) is 5.78 Å². The maximum absolute atomic E-state index is 14.5. The van der Waals surface area contributed by atoms with Gasteiger partial charge in [0.25, 0.3) is 0 Å². The van der Waals surface area contributed by atoms with Gasteiger partial charge in [-0.3, -0.25) is 4.79 Å². The SMILES string of the molecule is CC1(C/C=C\c2ccccc2)CC[C@]2(C)CC[C@]3(C)C(=CC(=O)[C@@H]4[C@@]5(C)CC[C@H](O)C(C)(C)[C@@H]5CC[C@]43C)[C@@H]2C1. The van der Waals surface area contributed by atoms with Crippen LogP contribution in [0.15, 0.2) is 48.1 Å². The van der Waals surface area contributed by atoms with E-state index in [0.717, 1.165) is 32.1 Å². The molecule has 0 heterocycles. The molecule has 0 spiro atoms. The Balaban J connectivity index is 1.34. The van der Waals surface area contributed by atoms with Gasteiger partial charge in [-0.1, -0.05) is 96.5 Å². The molecule has 0 aromatic heterocycles. The van der Waals surface area contributed by atoms with E-state index in [1.165, 1.54) is 43.2 Å². The molecule has 1 aromatic carbocycles. The summed E-state index contributed by atoms with van der Waals surface area (Å²) in [5.41, 5.74) is 3.24. The summed E-state index contributed by atoms with van der Waals surface area (Å²) in [4.78, 5) is 14.5. The highest BCUT2D eigenvalue weighted by molar-refractivity contribution is 5.95. The van der Waals surface area contributed by atoms with Crippen LogP contribution in [0.5, 0.6) is 0 Å². The number of hydrogen-bond acceptors (Lipinski definition) is 2. The second-order valence-electron chi connectivity index (χ2n) is 16.9. The van der Waals surface area contributed by atoms with Gasteiger partial charge in [-0.05, 0) is 120 Å². The maximum Gasteiger partial charge on any atom is 0.159 e. The number of allylic oxidation sites excluding steroid dienone is 3. The quantitative estimate of drug-likeness (QED) is 0.413. The van der Waals surface area contributed by atoms with Crippen LogP contribution in [0, 0.1) is 50.2 Å². The Labute approximate surface area is 244 Å². The molecule has 6 rings (SSSR count). The van der Waals surface area contributed by atoms with Crippen molar-refractivity contribution in [2.45, 2.75) is 119 Å². The first-order valence-electron chi connectivity index (χ1n) is 16.3. The van der Waals surface area contributed by atoms with Gasteiger partial charge in [0.2, 0.25) is 0 Å². The van der Waals surface area contributed by atoms with Crippen LogP contribution < -0.4 is 0 Å². The number of aliphatic hydroxyl groups excluding tert-OH is 1. The number of carbonyl (C=O) groups is 1. The Morgan fingerprint density at radius 3 is 2.30 bits per heavy atom. The van der Waals surface area contributed by atoms with Crippen LogP contribution in [0.25, 0.3) is 6.08 Å². The van der Waals surface area contributed by atoms with Crippen LogP contribution in [-0.4, -0.2) is 17.0 Å². The minimum Gasteiger partial charge on any atom is -0.393 e. The van der Waals surface area contributed by atoms with E-state index in [4.69, 9.17) is 0 Å². The number of aliphatic hydroxyl groups is 1. The predicted octanol–water partition coefficient (Wildman–Crippen LogP) is 9.43. The lowest BCUT2D eigenvalue weighted by atomic mass is 9.33. The number of benzene rings is 1. The van der Waals surface area contributed by atoms with Crippen molar-refractivity contribution in [3.8, 4) is 0 Å². The molecule has 5 aliphatic rings. The lowest BCUT2D eigenvalue weighted by molar-refractivity contribution is -0.202. The number of ketones is 1. The molecule has 0 saturated heterocycles. The van der Waals surface area contributed by atoms with Crippen LogP contribution >= 0.6 is 0 Å². The zero-order valence-electron chi connectivity index (χ0n) is 26.4. The monoisotopic (exact) mass is 542 g/mol.